The van der Waals surface area contributed by atoms with Crippen LogP contribution in [0.3, 0.4) is 0 Å². The van der Waals surface area contributed by atoms with Crippen molar-refractivity contribution in [2.75, 3.05) is 19.6 Å². The predicted molar refractivity (Wildman–Crippen MR) is 102 cm³/mol. The lowest BCUT2D eigenvalue weighted by Gasteiger charge is -2.25. The summed E-state index contributed by atoms with van der Waals surface area (Å²) in [5.41, 5.74) is 3.60. The van der Waals surface area contributed by atoms with Crippen LogP contribution in [-0.4, -0.2) is 45.3 Å². The fraction of sp³-hybridized carbons (Fsp3) is 0.350. The number of oxazole rings is 1. The number of aromatic nitrogens is 2. The zero-order valence-electron chi connectivity index (χ0n) is 15.4. The summed E-state index contributed by atoms with van der Waals surface area (Å²) in [5.74, 6) is -0.631. The maximum absolute atomic E-state index is 13.4. The highest BCUT2D eigenvalue weighted by Crippen LogP contribution is 2.33. The molecule has 1 fully saturated rings. The van der Waals surface area contributed by atoms with Crippen LogP contribution < -0.4 is 0 Å². The van der Waals surface area contributed by atoms with Crippen molar-refractivity contribution in [3.05, 3.63) is 35.6 Å². The lowest BCUT2D eigenvalue weighted by molar-refractivity contribution is 0.307. The Morgan fingerprint density at radius 1 is 1.30 bits per heavy atom. The van der Waals surface area contributed by atoms with Crippen LogP contribution >= 0.6 is 0 Å². The standard InChI is InChI=1S/C20H21FN4O2/c1-3-25-8-4-5-14(11-25)22-20-24-19-17(27-20)7-6-15(23-19)18-12(2)9-13(21)10-16(18)26/h6-7,9-10,26H,3-5,8,11H2,1-2H3/b22-14+. The molecule has 1 aliphatic heterocycles. The summed E-state index contributed by atoms with van der Waals surface area (Å²) in [5, 5.41) is 10.1. The normalized spacial score (nSPS) is 17.1. The summed E-state index contributed by atoms with van der Waals surface area (Å²) in [6, 6.07) is 6.21. The number of aromatic hydroxyl groups is 1. The van der Waals surface area contributed by atoms with E-state index in [1.165, 1.54) is 6.07 Å². The second-order valence-electron chi connectivity index (χ2n) is 6.78. The first-order valence-corrected chi connectivity index (χ1v) is 9.09. The number of aryl methyl sites for hydroxylation is 1. The SMILES string of the molecule is CCN1CCC/C(=N\c2nc3nc(-c4c(C)cc(F)cc4O)ccc3o2)C1. The van der Waals surface area contributed by atoms with Gasteiger partial charge in [-0.15, -0.1) is 0 Å². The third-order valence-electron chi connectivity index (χ3n) is 4.82. The Labute approximate surface area is 156 Å². The second kappa shape index (κ2) is 7.08. The number of rotatable bonds is 3. The van der Waals surface area contributed by atoms with Gasteiger partial charge in [0, 0.05) is 23.9 Å². The average molecular weight is 368 g/mol. The zero-order chi connectivity index (χ0) is 19.0. The van der Waals surface area contributed by atoms with Gasteiger partial charge in [-0.05, 0) is 56.6 Å². The molecule has 1 aromatic carbocycles. The van der Waals surface area contributed by atoms with E-state index in [1.807, 2.05) is 0 Å². The Bertz CT molecular complexity index is 1000. The molecular formula is C20H21FN4O2. The van der Waals surface area contributed by atoms with Crippen LogP contribution in [0, 0.1) is 12.7 Å². The smallest absolute Gasteiger partial charge is 0.324 e. The number of hydrogen-bond donors (Lipinski definition) is 1. The van der Waals surface area contributed by atoms with Crippen LogP contribution in [0.15, 0.2) is 33.7 Å². The van der Waals surface area contributed by atoms with Crippen molar-refractivity contribution < 1.29 is 13.9 Å². The predicted octanol–water partition coefficient (Wildman–Crippen LogP) is 4.23. The summed E-state index contributed by atoms with van der Waals surface area (Å²) in [6.45, 7) is 6.79. The minimum absolute atomic E-state index is 0.148. The van der Waals surface area contributed by atoms with E-state index >= 15 is 0 Å². The minimum atomic E-state index is -0.483. The molecule has 6 nitrogen and oxygen atoms in total. The molecule has 0 amide bonds. The number of likely N-dealkylation sites (tertiary alicyclic amines) is 1. The first-order valence-electron chi connectivity index (χ1n) is 9.09. The van der Waals surface area contributed by atoms with Gasteiger partial charge in [0.15, 0.2) is 5.58 Å². The van der Waals surface area contributed by atoms with Gasteiger partial charge in [-0.25, -0.2) is 14.4 Å². The molecule has 0 spiro atoms. The monoisotopic (exact) mass is 368 g/mol. The Hall–Kier alpha value is -2.80. The highest BCUT2D eigenvalue weighted by atomic mass is 19.1. The van der Waals surface area contributed by atoms with Crippen LogP contribution in [0.5, 0.6) is 5.75 Å². The topological polar surface area (TPSA) is 74.8 Å². The number of aliphatic imine (C=N–C) groups is 1. The molecule has 0 bridgehead atoms. The molecule has 3 heterocycles. The fourth-order valence-corrected chi connectivity index (χ4v) is 3.47. The second-order valence-corrected chi connectivity index (χ2v) is 6.78. The van der Waals surface area contributed by atoms with Gasteiger partial charge in [0.05, 0.1) is 5.69 Å². The van der Waals surface area contributed by atoms with E-state index in [4.69, 9.17) is 4.42 Å². The molecule has 0 unspecified atom stereocenters. The molecule has 140 valence electrons. The summed E-state index contributed by atoms with van der Waals surface area (Å²) in [4.78, 5) is 15.8. The van der Waals surface area contributed by atoms with Crippen LogP contribution in [0.4, 0.5) is 10.4 Å². The van der Waals surface area contributed by atoms with Crippen molar-refractivity contribution in [2.45, 2.75) is 26.7 Å². The van der Waals surface area contributed by atoms with E-state index < -0.39 is 5.82 Å². The molecule has 7 heteroatoms. The number of phenols is 1. The molecule has 1 aliphatic rings. The van der Waals surface area contributed by atoms with Crippen LogP contribution in [-0.2, 0) is 0 Å². The number of halogens is 1. The molecular weight excluding hydrogens is 347 g/mol. The van der Waals surface area contributed by atoms with Crippen molar-refractivity contribution in [3.8, 4) is 17.0 Å². The summed E-state index contributed by atoms with van der Waals surface area (Å²) in [6.07, 6.45) is 2.02. The van der Waals surface area contributed by atoms with Gasteiger partial charge in [-0.3, -0.25) is 4.90 Å². The van der Waals surface area contributed by atoms with Crippen molar-refractivity contribution in [1.82, 2.24) is 14.9 Å². The third kappa shape index (κ3) is 3.55. The molecule has 3 aromatic rings. The van der Waals surface area contributed by atoms with Crippen molar-refractivity contribution >= 4 is 23.0 Å². The van der Waals surface area contributed by atoms with E-state index in [0.717, 1.165) is 44.3 Å². The number of pyridine rings is 1. The van der Waals surface area contributed by atoms with Crippen LogP contribution in [0.25, 0.3) is 22.5 Å². The van der Waals surface area contributed by atoms with Gasteiger partial charge < -0.3 is 9.52 Å². The maximum Gasteiger partial charge on any atom is 0.324 e. The number of benzene rings is 1. The summed E-state index contributed by atoms with van der Waals surface area (Å²) >= 11 is 0. The largest absolute Gasteiger partial charge is 0.507 e. The fourth-order valence-electron chi connectivity index (χ4n) is 3.47. The Balaban J connectivity index is 1.69. The molecule has 1 saturated heterocycles. The van der Waals surface area contributed by atoms with E-state index in [1.54, 1.807) is 19.1 Å². The number of hydrogen-bond acceptors (Lipinski definition) is 6. The lowest BCUT2D eigenvalue weighted by Crippen LogP contribution is -2.35. The number of nitrogens with zero attached hydrogens (tertiary/aromatic N) is 4. The molecule has 0 aliphatic carbocycles. The highest BCUT2D eigenvalue weighted by Gasteiger charge is 2.17. The molecule has 2 aromatic heterocycles. The van der Waals surface area contributed by atoms with E-state index in [9.17, 15) is 9.50 Å². The minimum Gasteiger partial charge on any atom is -0.507 e. The van der Waals surface area contributed by atoms with Gasteiger partial charge in [-0.2, -0.15) is 4.98 Å². The van der Waals surface area contributed by atoms with Crippen molar-refractivity contribution in [1.29, 1.82) is 0 Å². The first kappa shape index (κ1) is 17.6. The molecule has 1 N–H and O–H groups in total. The Morgan fingerprint density at radius 3 is 2.93 bits per heavy atom. The van der Waals surface area contributed by atoms with Gasteiger partial charge in [-0.1, -0.05) is 6.92 Å². The molecule has 27 heavy (non-hydrogen) atoms. The van der Waals surface area contributed by atoms with Gasteiger partial charge in [0.2, 0.25) is 5.65 Å². The maximum atomic E-state index is 13.4. The van der Waals surface area contributed by atoms with Gasteiger partial charge in [0.1, 0.15) is 11.6 Å². The third-order valence-corrected chi connectivity index (χ3v) is 4.82. The number of piperidine rings is 1. The molecule has 0 atom stereocenters. The van der Waals surface area contributed by atoms with Crippen molar-refractivity contribution in [2.24, 2.45) is 4.99 Å². The van der Waals surface area contributed by atoms with E-state index in [0.29, 0.717) is 34.1 Å². The van der Waals surface area contributed by atoms with Gasteiger partial charge >= 0.3 is 6.01 Å². The Morgan fingerprint density at radius 2 is 2.15 bits per heavy atom. The first-order chi connectivity index (χ1) is 13.0. The highest BCUT2D eigenvalue weighted by molar-refractivity contribution is 5.89. The van der Waals surface area contributed by atoms with Crippen LogP contribution in [0.2, 0.25) is 0 Å². The number of fused-ring (bicyclic) bond motifs is 1. The quantitative estimate of drug-likeness (QED) is 0.749. The van der Waals surface area contributed by atoms with Gasteiger partial charge in [0.25, 0.3) is 0 Å². The van der Waals surface area contributed by atoms with E-state index in [-0.39, 0.29) is 5.75 Å². The summed E-state index contributed by atoms with van der Waals surface area (Å²) < 4.78 is 19.1. The van der Waals surface area contributed by atoms with Crippen molar-refractivity contribution in [3.63, 3.8) is 0 Å². The number of phenolic OH excluding ortho intramolecular Hbond substituents is 1. The van der Waals surface area contributed by atoms with E-state index in [2.05, 4.69) is 26.8 Å². The molecule has 0 saturated carbocycles. The average Bonchev–Trinajstić information content (AvgIpc) is 3.02. The molecule has 4 rings (SSSR count). The zero-order valence-corrected chi connectivity index (χ0v) is 15.4. The Kier molecular flexibility index (Phi) is 4.61. The molecule has 0 radical (unpaired) electrons. The summed E-state index contributed by atoms with van der Waals surface area (Å²) in [7, 11) is 0. The van der Waals surface area contributed by atoms with Crippen LogP contribution in [0.1, 0.15) is 25.3 Å². The lowest BCUT2D eigenvalue weighted by atomic mass is 10.0.